The van der Waals surface area contributed by atoms with E-state index in [9.17, 15) is 14.4 Å². The lowest BCUT2D eigenvalue weighted by atomic mass is 9.73. The van der Waals surface area contributed by atoms with Crippen LogP contribution in [0.2, 0.25) is 0 Å². The molecule has 0 heterocycles. The van der Waals surface area contributed by atoms with Gasteiger partial charge in [0.25, 0.3) is 0 Å². The van der Waals surface area contributed by atoms with Gasteiger partial charge >= 0.3 is 0 Å². The zero-order valence-electron chi connectivity index (χ0n) is 11.8. The second-order valence-electron chi connectivity index (χ2n) is 5.08. The van der Waals surface area contributed by atoms with Gasteiger partial charge in [0.05, 0.1) is 7.11 Å². The number of benzene rings is 1. The summed E-state index contributed by atoms with van der Waals surface area (Å²) in [6.45, 7) is 2.69. The van der Waals surface area contributed by atoms with Crippen molar-refractivity contribution in [3.63, 3.8) is 0 Å². The minimum absolute atomic E-state index is 0.228. The van der Waals surface area contributed by atoms with Crippen molar-refractivity contribution in [1.29, 1.82) is 0 Å². The molecule has 106 valence electrons. The molecule has 20 heavy (non-hydrogen) atoms. The zero-order valence-corrected chi connectivity index (χ0v) is 11.8. The molecular weight excluding hydrogens is 258 g/mol. The Morgan fingerprint density at radius 1 is 1.30 bits per heavy atom. The van der Waals surface area contributed by atoms with E-state index in [1.54, 1.807) is 12.1 Å². The molecule has 1 aliphatic rings. The Hall–Kier alpha value is -2.01. The number of methoxy groups -OCH3 is 1. The predicted octanol–water partition coefficient (Wildman–Crippen LogP) is 1.31. The van der Waals surface area contributed by atoms with E-state index in [-0.39, 0.29) is 23.6 Å². The molecule has 0 saturated carbocycles. The van der Waals surface area contributed by atoms with Crippen LogP contribution in [0.4, 0.5) is 0 Å². The predicted molar refractivity (Wildman–Crippen MR) is 73.2 cm³/mol. The summed E-state index contributed by atoms with van der Waals surface area (Å²) in [6.07, 6.45) is 0.660. The molecule has 0 bridgehead atoms. The Labute approximate surface area is 117 Å². The van der Waals surface area contributed by atoms with Gasteiger partial charge in [-0.15, -0.1) is 0 Å². The van der Waals surface area contributed by atoms with Gasteiger partial charge in [-0.2, -0.15) is 0 Å². The molecule has 5 nitrogen and oxygen atoms in total. The number of carbonyl (C=O) groups is 3. The van der Waals surface area contributed by atoms with Gasteiger partial charge in [-0.25, -0.2) is 0 Å². The van der Waals surface area contributed by atoms with Crippen LogP contribution in [0.5, 0.6) is 5.75 Å². The second kappa shape index (κ2) is 4.83. The van der Waals surface area contributed by atoms with Crippen LogP contribution in [-0.2, 0) is 11.2 Å². The normalized spacial score (nSPS) is 21.3. The number of Topliss-reactive ketones (excluding diaryl/α,β-unsaturated/α-hetero) is 3. The highest BCUT2D eigenvalue weighted by Gasteiger charge is 2.45. The van der Waals surface area contributed by atoms with E-state index >= 15 is 0 Å². The van der Waals surface area contributed by atoms with Crippen molar-refractivity contribution < 1.29 is 19.1 Å². The number of fused-ring (bicyclic) bond motifs is 1. The maximum atomic E-state index is 12.6. The molecule has 2 rings (SSSR count). The summed E-state index contributed by atoms with van der Waals surface area (Å²) in [5.74, 6) is -0.560. The first-order valence-electron chi connectivity index (χ1n) is 6.38. The van der Waals surface area contributed by atoms with Crippen molar-refractivity contribution in [2.24, 2.45) is 5.73 Å². The minimum Gasteiger partial charge on any atom is -0.496 e. The van der Waals surface area contributed by atoms with Gasteiger partial charge in [0.15, 0.2) is 17.3 Å². The highest BCUT2D eigenvalue weighted by atomic mass is 16.5. The number of hydrogen-bond donors (Lipinski definition) is 1. The molecule has 2 N–H and O–H groups in total. The maximum absolute atomic E-state index is 12.6. The Bertz CT molecular complexity index is 621. The first kappa shape index (κ1) is 14.4. The van der Waals surface area contributed by atoms with Gasteiger partial charge in [0.2, 0.25) is 0 Å². The van der Waals surface area contributed by atoms with Gasteiger partial charge in [-0.05, 0) is 38.8 Å². The number of nitrogens with two attached hydrogens (primary N) is 1. The van der Waals surface area contributed by atoms with Crippen molar-refractivity contribution in [1.82, 2.24) is 0 Å². The van der Waals surface area contributed by atoms with E-state index < -0.39 is 11.3 Å². The molecule has 0 saturated heterocycles. The third kappa shape index (κ3) is 1.94. The van der Waals surface area contributed by atoms with E-state index in [1.165, 1.54) is 21.0 Å². The van der Waals surface area contributed by atoms with Gasteiger partial charge in [-0.3, -0.25) is 14.4 Å². The summed E-state index contributed by atoms with van der Waals surface area (Å²) < 4.78 is 5.24. The summed E-state index contributed by atoms with van der Waals surface area (Å²) in [7, 11) is 1.50. The van der Waals surface area contributed by atoms with E-state index in [1.807, 2.05) is 0 Å². The van der Waals surface area contributed by atoms with Crippen LogP contribution in [0.15, 0.2) is 12.1 Å². The van der Waals surface area contributed by atoms with E-state index in [0.29, 0.717) is 23.3 Å². The number of carbonyl (C=O) groups excluding carboxylic acids is 3. The van der Waals surface area contributed by atoms with Crippen molar-refractivity contribution in [2.45, 2.75) is 32.2 Å². The summed E-state index contributed by atoms with van der Waals surface area (Å²) in [5, 5.41) is 0. The third-order valence-electron chi connectivity index (χ3n) is 3.90. The Balaban J connectivity index is 2.72. The molecule has 5 heteroatoms. The van der Waals surface area contributed by atoms with Crippen LogP contribution in [0, 0.1) is 0 Å². The van der Waals surface area contributed by atoms with Crippen LogP contribution >= 0.6 is 0 Å². The molecule has 1 aliphatic carbocycles. The Morgan fingerprint density at radius 2 is 1.95 bits per heavy atom. The molecule has 0 spiro atoms. The molecule has 1 atom stereocenters. The summed E-state index contributed by atoms with van der Waals surface area (Å²) in [4.78, 5) is 36.1. The molecule has 1 aromatic rings. The SMILES string of the molecule is COc1ccc(C(C)=O)c2c1CCC(N)(C(C)=O)C2=O. The highest BCUT2D eigenvalue weighted by Crippen LogP contribution is 2.36. The first-order chi connectivity index (χ1) is 9.32. The summed E-state index contributed by atoms with van der Waals surface area (Å²) in [6, 6.07) is 3.21. The largest absolute Gasteiger partial charge is 0.496 e. The molecule has 0 radical (unpaired) electrons. The fraction of sp³-hybridized carbons (Fsp3) is 0.400. The Kier molecular flexibility index (Phi) is 3.48. The van der Waals surface area contributed by atoms with Crippen LogP contribution in [-0.4, -0.2) is 30.0 Å². The molecule has 1 unspecified atom stereocenters. The van der Waals surface area contributed by atoms with Gasteiger partial charge in [0, 0.05) is 16.7 Å². The van der Waals surface area contributed by atoms with Crippen LogP contribution in [0.3, 0.4) is 0 Å². The van der Waals surface area contributed by atoms with Crippen LogP contribution < -0.4 is 10.5 Å². The monoisotopic (exact) mass is 275 g/mol. The fourth-order valence-electron chi connectivity index (χ4n) is 2.62. The first-order valence-corrected chi connectivity index (χ1v) is 6.38. The lowest BCUT2D eigenvalue weighted by Gasteiger charge is -2.32. The fourth-order valence-corrected chi connectivity index (χ4v) is 2.62. The average Bonchev–Trinajstić information content (AvgIpc) is 2.41. The van der Waals surface area contributed by atoms with E-state index in [2.05, 4.69) is 0 Å². The van der Waals surface area contributed by atoms with Gasteiger partial charge < -0.3 is 10.5 Å². The quantitative estimate of drug-likeness (QED) is 0.664. The smallest absolute Gasteiger partial charge is 0.191 e. The average molecular weight is 275 g/mol. The molecule has 0 fully saturated rings. The second-order valence-corrected chi connectivity index (χ2v) is 5.08. The van der Waals surface area contributed by atoms with Gasteiger partial charge in [-0.1, -0.05) is 0 Å². The minimum atomic E-state index is -1.54. The van der Waals surface area contributed by atoms with Crippen molar-refractivity contribution >= 4 is 17.3 Å². The summed E-state index contributed by atoms with van der Waals surface area (Å²) in [5.41, 5.74) is 5.62. The lowest BCUT2D eigenvalue weighted by molar-refractivity contribution is -0.120. The Morgan fingerprint density at radius 3 is 2.45 bits per heavy atom. The zero-order chi connectivity index (χ0) is 15.1. The number of rotatable bonds is 3. The number of hydrogen-bond acceptors (Lipinski definition) is 5. The van der Waals surface area contributed by atoms with Crippen molar-refractivity contribution in [3.8, 4) is 5.75 Å². The molecule has 0 amide bonds. The van der Waals surface area contributed by atoms with Crippen LogP contribution in [0.25, 0.3) is 0 Å². The lowest BCUT2D eigenvalue weighted by Crippen LogP contribution is -2.56. The van der Waals surface area contributed by atoms with Crippen molar-refractivity contribution in [2.75, 3.05) is 7.11 Å². The third-order valence-corrected chi connectivity index (χ3v) is 3.90. The molecular formula is C15H17NO4. The molecule has 0 aliphatic heterocycles. The van der Waals surface area contributed by atoms with Crippen molar-refractivity contribution in [3.05, 3.63) is 28.8 Å². The summed E-state index contributed by atoms with van der Waals surface area (Å²) >= 11 is 0. The van der Waals surface area contributed by atoms with E-state index in [4.69, 9.17) is 10.5 Å². The maximum Gasteiger partial charge on any atom is 0.191 e. The molecule has 0 aromatic heterocycles. The highest BCUT2D eigenvalue weighted by molar-refractivity contribution is 6.22. The number of ketones is 3. The standard InChI is InChI=1S/C15H17NO4/c1-8(17)10-4-5-12(20-3)11-6-7-15(16,9(2)18)14(19)13(10)11/h4-5H,6-7,16H2,1-3H3. The topological polar surface area (TPSA) is 86.5 Å². The van der Waals surface area contributed by atoms with Gasteiger partial charge in [0.1, 0.15) is 11.3 Å². The van der Waals surface area contributed by atoms with Crippen LogP contribution in [0.1, 0.15) is 46.5 Å². The molecule has 1 aromatic carbocycles. The van der Waals surface area contributed by atoms with E-state index in [0.717, 1.165) is 0 Å². The number of ether oxygens (including phenoxy) is 1.